The quantitative estimate of drug-likeness (QED) is 0.426. The van der Waals surface area contributed by atoms with Crippen molar-refractivity contribution in [2.75, 3.05) is 6.26 Å². The second-order valence-corrected chi connectivity index (χ2v) is 7.39. The molecule has 0 aromatic rings. The van der Waals surface area contributed by atoms with Crippen molar-refractivity contribution in [2.45, 2.75) is 40.5 Å². The van der Waals surface area contributed by atoms with Crippen LogP contribution >= 0.6 is 0 Å². The number of hydrogen-bond acceptors (Lipinski definition) is 5. The zero-order valence-electron chi connectivity index (χ0n) is 13.6. The van der Waals surface area contributed by atoms with Gasteiger partial charge in [-0.05, 0) is 45.6 Å². The molecule has 1 atom stereocenters. The predicted octanol–water partition coefficient (Wildman–Crippen LogP) is 2.70. The summed E-state index contributed by atoms with van der Waals surface area (Å²) in [5.41, 5.74) is 1.49. The SMILES string of the molecule is CC(C)=CCCC(C)C1=C(OS(C)(=O)=O)C(=O)C(C)=CC1=O. The molecule has 5 nitrogen and oxygen atoms in total. The minimum atomic E-state index is -3.87. The van der Waals surface area contributed by atoms with Gasteiger partial charge in [-0.25, -0.2) is 0 Å². The molecule has 1 rings (SSSR count). The Bertz CT molecular complexity index is 673. The topological polar surface area (TPSA) is 77.5 Å². The molecule has 22 heavy (non-hydrogen) atoms. The first kappa shape index (κ1) is 18.4. The summed E-state index contributed by atoms with van der Waals surface area (Å²) in [4.78, 5) is 24.4. The third-order valence-corrected chi connectivity index (χ3v) is 3.77. The second kappa shape index (κ2) is 7.05. The lowest BCUT2D eigenvalue weighted by Gasteiger charge is -2.21. The molecule has 0 aromatic carbocycles. The van der Waals surface area contributed by atoms with Crippen LogP contribution in [0.5, 0.6) is 0 Å². The van der Waals surface area contributed by atoms with E-state index in [-0.39, 0.29) is 28.6 Å². The molecule has 0 saturated heterocycles. The van der Waals surface area contributed by atoms with Crippen LogP contribution in [-0.2, 0) is 23.9 Å². The van der Waals surface area contributed by atoms with E-state index in [2.05, 4.69) is 0 Å². The van der Waals surface area contributed by atoms with Gasteiger partial charge < -0.3 is 4.18 Å². The first-order valence-corrected chi connectivity index (χ1v) is 8.89. The van der Waals surface area contributed by atoms with Crippen molar-refractivity contribution in [2.24, 2.45) is 5.92 Å². The van der Waals surface area contributed by atoms with Gasteiger partial charge in [0, 0.05) is 5.57 Å². The summed E-state index contributed by atoms with van der Waals surface area (Å²) >= 11 is 0. The van der Waals surface area contributed by atoms with Crippen LogP contribution in [0.3, 0.4) is 0 Å². The number of carbonyl (C=O) groups excluding carboxylic acids is 2. The minimum absolute atomic E-state index is 0.142. The van der Waals surface area contributed by atoms with Gasteiger partial charge in [-0.2, -0.15) is 8.42 Å². The molecule has 0 aliphatic heterocycles. The molecule has 0 spiro atoms. The Balaban J connectivity index is 3.18. The van der Waals surface area contributed by atoms with Crippen molar-refractivity contribution in [1.82, 2.24) is 0 Å². The Hall–Kier alpha value is -1.69. The summed E-state index contributed by atoms with van der Waals surface area (Å²) in [5.74, 6) is -1.53. The number of Topliss-reactive ketones (excluding diaryl/α,β-unsaturated/α-hetero) is 1. The van der Waals surface area contributed by atoms with Crippen molar-refractivity contribution < 1.29 is 22.2 Å². The van der Waals surface area contributed by atoms with Crippen molar-refractivity contribution in [3.63, 3.8) is 0 Å². The third-order valence-electron chi connectivity index (χ3n) is 3.30. The van der Waals surface area contributed by atoms with Crippen LogP contribution in [-0.4, -0.2) is 26.2 Å². The maximum atomic E-state index is 12.2. The summed E-state index contributed by atoms with van der Waals surface area (Å²) in [6, 6.07) is 0. The van der Waals surface area contributed by atoms with Crippen molar-refractivity contribution in [3.05, 3.63) is 34.6 Å². The standard InChI is InChI=1S/C16H22O5S/c1-10(2)7-6-8-11(3)14-13(17)9-12(4)15(18)16(14)21-22(5,19)20/h7,9,11H,6,8H2,1-5H3. The van der Waals surface area contributed by atoms with Gasteiger partial charge in [0.15, 0.2) is 11.5 Å². The highest BCUT2D eigenvalue weighted by atomic mass is 32.2. The zero-order chi connectivity index (χ0) is 17.1. The van der Waals surface area contributed by atoms with E-state index < -0.39 is 15.9 Å². The van der Waals surface area contributed by atoms with E-state index >= 15 is 0 Å². The van der Waals surface area contributed by atoms with Crippen LogP contribution in [0.2, 0.25) is 0 Å². The Morgan fingerprint density at radius 2 is 1.91 bits per heavy atom. The van der Waals surface area contributed by atoms with Crippen molar-refractivity contribution >= 4 is 21.7 Å². The van der Waals surface area contributed by atoms with E-state index in [4.69, 9.17) is 4.18 Å². The normalized spacial score (nSPS) is 17.2. The van der Waals surface area contributed by atoms with Crippen molar-refractivity contribution in [1.29, 1.82) is 0 Å². The van der Waals surface area contributed by atoms with Gasteiger partial charge in [0.25, 0.3) is 0 Å². The summed E-state index contributed by atoms with van der Waals surface area (Å²) in [6.45, 7) is 7.21. The van der Waals surface area contributed by atoms with Gasteiger partial charge >= 0.3 is 10.1 Å². The molecule has 0 bridgehead atoms. The maximum Gasteiger partial charge on any atom is 0.306 e. The van der Waals surface area contributed by atoms with Gasteiger partial charge in [0.1, 0.15) is 0 Å². The highest BCUT2D eigenvalue weighted by molar-refractivity contribution is 7.86. The predicted molar refractivity (Wildman–Crippen MR) is 84.6 cm³/mol. The highest BCUT2D eigenvalue weighted by Gasteiger charge is 2.33. The molecule has 122 valence electrons. The largest absolute Gasteiger partial charge is 0.378 e. The molecule has 1 aliphatic rings. The van der Waals surface area contributed by atoms with Crippen LogP contribution in [0.1, 0.15) is 40.5 Å². The lowest BCUT2D eigenvalue weighted by Crippen LogP contribution is -2.25. The van der Waals surface area contributed by atoms with Gasteiger partial charge in [-0.1, -0.05) is 18.6 Å². The number of rotatable bonds is 6. The van der Waals surface area contributed by atoms with Crippen LogP contribution in [0.25, 0.3) is 0 Å². The van der Waals surface area contributed by atoms with Gasteiger partial charge in [-0.15, -0.1) is 0 Å². The molecule has 0 fully saturated rings. The van der Waals surface area contributed by atoms with E-state index in [1.807, 2.05) is 19.9 Å². The van der Waals surface area contributed by atoms with Crippen LogP contribution < -0.4 is 0 Å². The molecule has 1 unspecified atom stereocenters. The second-order valence-electron chi connectivity index (χ2n) is 5.81. The van der Waals surface area contributed by atoms with E-state index in [9.17, 15) is 18.0 Å². The molecule has 0 N–H and O–H groups in total. The maximum absolute atomic E-state index is 12.2. The van der Waals surface area contributed by atoms with Crippen LogP contribution in [0, 0.1) is 5.92 Å². The number of hydrogen-bond donors (Lipinski definition) is 0. The number of allylic oxidation sites excluding steroid dienone is 5. The highest BCUT2D eigenvalue weighted by Crippen LogP contribution is 2.29. The van der Waals surface area contributed by atoms with Crippen LogP contribution in [0.15, 0.2) is 34.6 Å². The Kier molecular flexibility index (Phi) is 5.88. The molecular formula is C16H22O5S. The van der Waals surface area contributed by atoms with Crippen LogP contribution in [0.4, 0.5) is 0 Å². The average molecular weight is 326 g/mol. The fourth-order valence-corrected chi connectivity index (χ4v) is 2.69. The molecular weight excluding hydrogens is 304 g/mol. The molecule has 0 heterocycles. The minimum Gasteiger partial charge on any atom is -0.378 e. The Labute approximate surface area is 131 Å². The first-order chi connectivity index (χ1) is 10.0. The first-order valence-electron chi connectivity index (χ1n) is 7.07. The van der Waals surface area contributed by atoms with E-state index in [0.29, 0.717) is 6.42 Å². The molecule has 0 radical (unpaired) electrons. The van der Waals surface area contributed by atoms with Crippen molar-refractivity contribution in [3.8, 4) is 0 Å². The summed E-state index contributed by atoms with van der Waals surface area (Å²) in [7, 11) is -3.87. The molecule has 6 heteroatoms. The lowest BCUT2D eigenvalue weighted by molar-refractivity contribution is -0.117. The monoisotopic (exact) mass is 326 g/mol. The Morgan fingerprint density at radius 3 is 2.41 bits per heavy atom. The lowest BCUT2D eigenvalue weighted by atomic mass is 9.86. The fourth-order valence-electron chi connectivity index (χ4n) is 2.22. The van der Waals surface area contributed by atoms with Gasteiger partial charge in [0.2, 0.25) is 5.78 Å². The Morgan fingerprint density at radius 1 is 1.32 bits per heavy atom. The van der Waals surface area contributed by atoms with Gasteiger partial charge in [0.05, 0.1) is 11.8 Å². The molecule has 0 saturated carbocycles. The fraction of sp³-hybridized carbons (Fsp3) is 0.500. The smallest absolute Gasteiger partial charge is 0.306 e. The third kappa shape index (κ3) is 4.94. The summed E-state index contributed by atoms with van der Waals surface area (Å²) < 4.78 is 27.6. The van der Waals surface area contributed by atoms with Gasteiger partial charge in [-0.3, -0.25) is 9.59 Å². The molecule has 0 aromatic heterocycles. The average Bonchev–Trinajstić information content (AvgIpc) is 2.33. The van der Waals surface area contributed by atoms with E-state index in [1.165, 1.54) is 13.0 Å². The summed E-state index contributed by atoms with van der Waals surface area (Å²) in [6.07, 6.45) is 5.50. The molecule has 0 amide bonds. The van der Waals surface area contributed by atoms with E-state index in [0.717, 1.165) is 18.2 Å². The molecule has 1 aliphatic carbocycles. The van der Waals surface area contributed by atoms with E-state index in [1.54, 1.807) is 6.92 Å². The summed E-state index contributed by atoms with van der Waals surface area (Å²) in [5, 5.41) is 0. The zero-order valence-corrected chi connectivity index (χ0v) is 14.4. The number of ketones is 2. The number of carbonyl (C=O) groups is 2.